The predicted molar refractivity (Wildman–Crippen MR) is 180 cm³/mol. The number of carbonyl (C=O) groups excluding carboxylic acids is 1. The van der Waals surface area contributed by atoms with E-state index in [-0.39, 0.29) is 11.3 Å². The first kappa shape index (κ1) is 30.8. The molecule has 2 heterocycles. The van der Waals surface area contributed by atoms with Gasteiger partial charge in [-0.2, -0.15) is 0 Å². The molecule has 4 aliphatic rings. The molecule has 5 heteroatoms. The molecule has 224 valence electrons. The number of carbonyl (C=O) groups is 1. The number of halogens is 1. The summed E-state index contributed by atoms with van der Waals surface area (Å²) in [5, 5.41) is 0. The third-order valence-electron chi connectivity index (χ3n) is 11.1. The molecule has 5 atom stereocenters. The van der Waals surface area contributed by atoms with E-state index >= 15 is 0 Å². The number of hydrogen-bond donors (Lipinski definition) is 1. The smallest absolute Gasteiger partial charge is 0.226 e. The molecule has 2 N–H and O–H groups in total. The molecule has 2 aliphatic carbocycles. The highest BCUT2D eigenvalue weighted by atomic mass is 127. The minimum absolute atomic E-state index is 0.0954. The van der Waals surface area contributed by atoms with Crippen molar-refractivity contribution in [3.8, 4) is 0 Å². The van der Waals surface area contributed by atoms with Crippen molar-refractivity contribution >= 4 is 34.2 Å². The monoisotopic (exact) mass is 669 g/mol. The van der Waals surface area contributed by atoms with Crippen molar-refractivity contribution in [2.45, 2.75) is 89.9 Å². The minimum Gasteiger partial charge on any atom is -0.399 e. The minimum atomic E-state index is 0.0954. The van der Waals surface area contributed by atoms with Crippen LogP contribution in [0.25, 0.3) is 0 Å². The quantitative estimate of drug-likeness (QED) is 0.142. The second kappa shape index (κ2) is 13.0. The van der Waals surface area contributed by atoms with Crippen LogP contribution in [0.1, 0.15) is 90.2 Å². The zero-order valence-electron chi connectivity index (χ0n) is 25.9. The standard InChI is InChI=1S/C18H24INO.C18H28N2/c1-3-4-5-6-10-20-12-15-16(17(20)21)18(15,2)13-8-7-9-14(19)11-13;1-3-4-5-6-10-20-12-16-17(13-20)18(16,2)14-8-7-9-15(19)11-14/h7-9,11,15-16H,3-6,10,12H2,1-2H3;7-9,11,16-17H,3-6,10,12-13,19H2,1-2H3. The molecule has 2 saturated carbocycles. The molecular formula is C36H52IN3O. The van der Waals surface area contributed by atoms with Crippen molar-refractivity contribution in [3.05, 3.63) is 63.2 Å². The molecule has 2 aromatic rings. The van der Waals surface area contributed by atoms with Crippen molar-refractivity contribution in [3.63, 3.8) is 0 Å². The number of anilines is 1. The van der Waals surface area contributed by atoms with Gasteiger partial charge in [0, 0.05) is 46.3 Å². The van der Waals surface area contributed by atoms with Gasteiger partial charge in [0.25, 0.3) is 0 Å². The van der Waals surface area contributed by atoms with Crippen LogP contribution in [0, 0.1) is 27.2 Å². The fourth-order valence-electron chi connectivity index (χ4n) is 8.21. The van der Waals surface area contributed by atoms with Crippen LogP contribution in [0.2, 0.25) is 0 Å². The number of amides is 1. The van der Waals surface area contributed by atoms with Crippen LogP contribution in [0.3, 0.4) is 0 Å². The van der Waals surface area contributed by atoms with Gasteiger partial charge in [-0.3, -0.25) is 4.79 Å². The van der Waals surface area contributed by atoms with Crippen LogP contribution in [-0.4, -0.2) is 48.4 Å². The molecule has 5 unspecified atom stereocenters. The normalized spacial score (nSPS) is 31.4. The Bertz CT molecular complexity index is 1190. The van der Waals surface area contributed by atoms with E-state index in [4.69, 9.17) is 5.73 Å². The van der Waals surface area contributed by atoms with Gasteiger partial charge in [-0.25, -0.2) is 0 Å². The van der Waals surface area contributed by atoms with Gasteiger partial charge in [-0.1, -0.05) is 90.5 Å². The zero-order chi connectivity index (χ0) is 29.2. The molecule has 0 radical (unpaired) electrons. The first-order valence-corrected chi connectivity index (χ1v) is 17.5. The first-order chi connectivity index (χ1) is 19.7. The second-order valence-corrected chi connectivity index (χ2v) is 14.9. The number of rotatable bonds is 12. The van der Waals surface area contributed by atoms with E-state index < -0.39 is 0 Å². The average Bonchev–Trinajstić information content (AvgIpc) is 3.52. The number of likely N-dealkylation sites (tertiary alicyclic amines) is 2. The number of nitrogens with zero attached hydrogens (tertiary/aromatic N) is 2. The lowest BCUT2D eigenvalue weighted by atomic mass is 9.92. The maximum Gasteiger partial charge on any atom is 0.226 e. The summed E-state index contributed by atoms with van der Waals surface area (Å²) >= 11 is 2.36. The Balaban J connectivity index is 0.000000165. The zero-order valence-corrected chi connectivity index (χ0v) is 28.0. The van der Waals surface area contributed by atoms with Gasteiger partial charge in [0.15, 0.2) is 0 Å². The van der Waals surface area contributed by atoms with Crippen molar-refractivity contribution in [1.29, 1.82) is 0 Å². The van der Waals surface area contributed by atoms with Gasteiger partial charge in [0.1, 0.15) is 0 Å². The van der Waals surface area contributed by atoms with E-state index in [1.54, 1.807) is 0 Å². The van der Waals surface area contributed by atoms with Gasteiger partial charge < -0.3 is 15.5 Å². The molecule has 4 fully saturated rings. The number of benzene rings is 2. The lowest BCUT2D eigenvalue weighted by Crippen LogP contribution is -2.34. The van der Waals surface area contributed by atoms with Crippen LogP contribution >= 0.6 is 22.6 Å². The summed E-state index contributed by atoms with van der Waals surface area (Å²) in [6.45, 7) is 15.0. The number of nitrogen functional groups attached to an aromatic ring is 1. The average molecular weight is 670 g/mol. The molecular weight excluding hydrogens is 617 g/mol. The number of nitrogens with two attached hydrogens (primary N) is 1. The topological polar surface area (TPSA) is 49.6 Å². The van der Waals surface area contributed by atoms with Gasteiger partial charge in [0.05, 0.1) is 5.92 Å². The molecule has 0 spiro atoms. The third-order valence-corrected chi connectivity index (χ3v) is 11.8. The van der Waals surface area contributed by atoms with E-state index in [1.807, 2.05) is 6.07 Å². The fourth-order valence-corrected chi connectivity index (χ4v) is 8.75. The number of hydrogen-bond acceptors (Lipinski definition) is 3. The van der Waals surface area contributed by atoms with Gasteiger partial charge in [0.2, 0.25) is 5.91 Å². The predicted octanol–water partition coefficient (Wildman–Crippen LogP) is 7.89. The van der Waals surface area contributed by atoms with E-state index in [0.717, 1.165) is 30.6 Å². The SMILES string of the molecule is CCCCCCN1CC2C(C1)C2(C)c1cccc(N)c1.CCCCCCN1CC2C(C1=O)C2(C)c1cccc(I)c1. The highest BCUT2D eigenvalue weighted by molar-refractivity contribution is 14.1. The van der Waals surface area contributed by atoms with Crippen molar-refractivity contribution < 1.29 is 4.79 Å². The second-order valence-electron chi connectivity index (χ2n) is 13.7. The van der Waals surface area contributed by atoms with Crippen LogP contribution in [-0.2, 0) is 15.6 Å². The highest BCUT2D eigenvalue weighted by Gasteiger charge is 2.70. The van der Waals surface area contributed by atoms with E-state index in [0.29, 0.717) is 17.2 Å². The van der Waals surface area contributed by atoms with Crippen LogP contribution in [0.4, 0.5) is 5.69 Å². The Labute approximate surface area is 263 Å². The van der Waals surface area contributed by atoms with Crippen LogP contribution in [0.15, 0.2) is 48.5 Å². The van der Waals surface area contributed by atoms with Crippen molar-refractivity contribution in [2.75, 3.05) is 38.5 Å². The lowest BCUT2D eigenvalue weighted by molar-refractivity contribution is -0.130. The summed E-state index contributed by atoms with van der Waals surface area (Å²) in [7, 11) is 0. The summed E-state index contributed by atoms with van der Waals surface area (Å²) in [6.07, 6.45) is 10.5. The molecule has 1 amide bonds. The molecule has 2 aromatic carbocycles. The molecule has 0 bridgehead atoms. The summed E-state index contributed by atoms with van der Waals surface area (Å²) in [6, 6.07) is 17.2. The highest BCUT2D eigenvalue weighted by Crippen LogP contribution is 2.64. The first-order valence-electron chi connectivity index (χ1n) is 16.4. The molecule has 0 aromatic heterocycles. The molecule has 2 saturated heterocycles. The maximum absolute atomic E-state index is 12.6. The van der Waals surface area contributed by atoms with Crippen molar-refractivity contribution in [1.82, 2.24) is 9.80 Å². The summed E-state index contributed by atoms with van der Waals surface area (Å²) in [5.74, 6) is 2.89. The van der Waals surface area contributed by atoms with Crippen LogP contribution in [0.5, 0.6) is 0 Å². The molecule has 6 rings (SSSR count). The number of piperidine rings is 2. The van der Waals surface area contributed by atoms with E-state index in [1.165, 1.54) is 85.7 Å². The molecule has 4 nitrogen and oxygen atoms in total. The van der Waals surface area contributed by atoms with Gasteiger partial charge in [-0.05, 0) is 95.1 Å². The molecule has 2 aliphatic heterocycles. The maximum atomic E-state index is 12.6. The van der Waals surface area contributed by atoms with Gasteiger partial charge in [-0.15, -0.1) is 0 Å². The third kappa shape index (κ3) is 6.23. The Kier molecular flexibility index (Phi) is 9.74. The Morgan fingerprint density at radius 3 is 1.95 bits per heavy atom. The van der Waals surface area contributed by atoms with Crippen molar-refractivity contribution in [2.24, 2.45) is 23.7 Å². The lowest BCUT2D eigenvalue weighted by Gasteiger charge is -2.24. The van der Waals surface area contributed by atoms with Gasteiger partial charge >= 0.3 is 0 Å². The summed E-state index contributed by atoms with van der Waals surface area (Å²) in [4.78, 5) is 17.4. The fraction of sp³-hybridized carbons (Fsp3) is 0.639. The Morgan fingerprint density at radius 2 is 1.39 bits per heavy atom. The summed E-state index contributed by atoms with van der Waals surface area (Å²) in [5.41, 5.74) is 10.2. The number of unbranched alkanes of at least 4 members (excludes halogenated alkanes) is 6. The Morgan fingerprint density at radius 1 is 0.780 bits per heavy atom. The van der Waals surface area contributed by atoms with E-state index in [9.17, 15) is 4.79 Å². The van der Waals surface area contributed by atoms with Crippen LogP contribution < -0.4 is 5.73 Å². The number of fused-ring (bicyclic) bond motifs is 2. The van der Waals surface area contributed by atoms with E-state index in [2.05, 4.69) is 103 Å². The summed E-state index contributed by atoms with van der Waals surface area (Å²) < 4.78 is 1.26. The largest absolute Gasteiger partial charge is 0.399 e. The molecule has 41 heavy (non-hydrogen) atoms. The Hall–Kier alpha value is -1.60.